The van der Waals surface area contributed by atoms with Gasteiger partial charge in [-0.25, -0.2) is 9.97 Å². The second-order valence-corrected chi connectivity index (χ2v) is 8.37. The molecule has 4 heterocycles. The van der Waals surface area contributed by atoms with Crippen molar-refractivity contribution in [2.45, 2.75) is 25.3 Å². The Labute approximate surface area is 167 Å². The van der Waals surface area contributed by atoms with Crippen LogP contribution < -0.4 is 0 Å². The SMILES string of the molecule is COC[C@@H]1CC2(CCN(C(=O)c3ncn(C)n3)CC2)CN1C(=O)c1cscn1. The number of carbonyl (C=O) groups is 2. The lowest BCUT2D eigenvalue weighted by Gasteiger charge is -2.38. The smallest absolute Gasteiger partial charge is 0.293 e. The summed E-state index contributed by atoms with van der Waals surface area (Å²) in [4.78, 5) is 37.5. The molecule has 2 saturated heterocycles. The third kappa shape index (κ3) is 3.53. The molecular formula is C18H24N6O3S. The maximum atomic E-state index is 12.9. The highest BCUT2D eigenvalue weighted by Crippen LogP contribution is 2.44. The molecule has 2 amide bonds. The molecule has 150 valence electrons. The highest BCUT2D eigenvalue weighted by atomic mass is 32.1. The first-order valence-electron chi connectivity index (χ1n) is 9.34. The number of hydrogen-bond donors (Lipinski definition) is 0. The number of methoxy groups -OCH3 is 1. The summed E-state index contributed by atoms with van der Waals surface area (Å²) in [5.41, 5.74) is 2.19. The summed E-state index contributed by atoms with van der Waals surface area (Å²) in [6.07, 6.45) is 4.13. The van der Waals surface area contributed by atoms with Gasteiger partial charge in [-0.05, 0) is 24.7 Å². The summed E-state index contributed by atoms with van der Waals surface area (Å²) in [7, 11) is 3.41. The Morgan fingerprint density at radius 3 is 2.68 bits per heavy atom. The van der Waals surface area contributed by atoms with E-state index in [0.717, 1.165) is 19.3 Å². The van der Waals surface area contributed by atoms with Gasteiger partial charge in [0.1, 0.15) is 12.0 Å². The number of thiazole rings is 1. The van der Waals surface area contributed by atoms with Crippen molar-refractivity contribution in [3.63, 3.8) is 0 Å². The topological polar surface area (TPSA) is 93.5 Å². The van der Waals surface area contributed by atoms with Crippen molar-refractivity contribution < 1.29 is 14.3 Å². The highest BCUT2D eigenvalue weighted by Gasteiger charge is 2.48. The van der Waals surface area contributed by atoms with Crippen molar-refractivity contribution >= 4 is 23.2 Å². The third-order valence-corrected chi connectivity index (χ3v) is 6.38. The van der Waals surface area contributed by atoms with Crippen molar-refractivity contribution in [1.82, 2.24) is 29.5 Å². The van der Waals surface area contributed by atoms with Gasteiger partial charge in [0.15, 0.2) is 0 Å². The average molecular weight is 404 g/mol. The fraction of sp³-hybridized carbons (Fsp3) is 0.611. The molecule has 2 aromatic rings. The second-order valence-electron chi connectivity index (χ2n) is 7.65. The van der Waals surface area contributed by atoms with E-state index in [9.17, 15) is 9.59 Å². The quantitative estimate of drug-likeness (QED) is 0.756. The molecule has 0 aliphatic carbocycles. The Hall–Kier alpha value is -2.33. The van der Waals surface area contributed by atoms with Gasteiger partial charge in [0.2, 0.25) is 5.82 Å². The molecule has 2 aromatic heterocycles. The van der Waals surface area contributed by atoms with Crippen LogP contribution in [0.15, 0.2) is 17.2 Å². The predicted octanol–water partition coefficient (Wildman–Crippen LogP) is 1.06. The van der Waals surface area contributed by atoms with E-state index in [0.29, 0.717) is 31.9 Å². The maximum absolute atomic E-state index is 12.9. The van der Waals surface area contributed by atoms with Crippen LogP contribution in [0.1, 0.15) is 40.4 Å². The largest absolute Gasteiger partial charge is 0.383 e. The normalized spacial score (nSPS) is 21.4. The van der Waals surface area contributed by atoms with E-state index in [1.54, 1.807) is 25.0 Å². The summed E-state index contributed by atoms with van der Waals surface area (Å²) >= 11 is 1.42. The molecule has 0 saturated carbocycles. The first kappa shape index (κ1) is 19.0. The van der Waals surface area contributed by atoms with Gasteiger partial charge in [-0.15, -0.1) is 16.4 Å². The van der Waals surface area contributed by atoms with Gasteiger partial charge in [-0.1, -0.05) is 0 Å². The van der Waals surface area contributed by atoms with E-state index >= 15 is 0 Å². The predicted molar refractivity (Wildman–Crippen MR) is 102 cm³/mol. The van der Waals surface area contributed by atoms with E-state index in [4.69, 9.17) is 4.74 Å². The van der Waals surface area contributed by atoms with Crippen LogP contribution in [0.5, 0.6) is 0 Å². The first-order valence-corrected chi connectivity index (χ1v) is 10.3. The number of likely N-dealkylation sites (tertiary alicyclic amines) is 2. The fourth-order valence-electron chi connectivity index (χ4n) is 4.33. The lowest BCUT2D eigenvalue weighted by Crippen LogP contribution is -2.45. The van der Waals surface area contributed by atoms with Gasteiger partial charge in [0, 0.05) is 39.2 Å². The molecule has 1 spiro atoms. The Morgan fingerprint density at radius 1 is 1.29 bits per heavy atom. The number of aryl methyl sites for hydroxylation is 1. The zero-order valence-corrected chi connectivity index (χ0v) is 16.9. The van der Waals surface area contributed by atoms with Gasteiger partial charge in [0.25, 0.3) is 11.8 Å². The number of rotatable bonds is 4. The number of aromatic nitrogens is 4. The first-order chi connectivity index (χ1) is 13.5. The molecule has 0 radical (unpaired) electrons. The van der Waals surface area contributed by atoms with Crippen LogP contribution in [0.25, 0.3) is 0 Å². The highest BCUT2D eigenvalue weighted by molar-refractivity contribution is 7.07. The van der Waals surface area contributed by atoms with Crippen molar-refractivity contribution in [1.29, 1.82) is 0 Å². The van der Waals surface area contributed by atoms with E-state index in [1.807, 2.05) is 9.80 Å². The van der Waals surface area contributed by atoms with Crippen LogP contribution in [-0.4, -0.2) is 80.8 Å². The number of nitrogens with zero attached hydrogens (tertiary/aromatic N) is 6. The van der Waals surface area contributed by atoms with Crippen LogP contribution in [-0.2, 0) is 11.8 Å². The van der Waals surface area contributed by atoms with E-state index in [1.165, 1.54) is 22.3 Å². The minimum absolute atomic E-state index is 0.0171. The van der Waals surface area contributed by atoms with Gasteiger partial charge in [0.05, 0.1) is 18.2 Å². The minimum Gasteiger partial charge on any atom is -0.383 e. The summed E-state index contributed by atoms with van der Waals surface area (Å²) in [6, 6.07) is 0.0407. The molecule has 1 atom stereocenters. The average Bonchev–Trinajstić information content (AvgIpc) is 3.43. The van der Waals surface area contributed by atoms with Crippen LogP contribution in [0.3, 0.4) is 0 Å². The zero-order chi connectivity index (χ0) is 19.7. The third-order valence-electron chi connectivity index (χ3n) is 5.79. The molecule has 2 aliphatic heterocycles. The van der Waals surface area contributed by atoms with Gasteiger partial charge >= 0.3 is 0 Å². The van der Waals surface area contributed by atoms with Gasteiger partial charge in [-0.3, -0.25) is 14.3 Å². The Kier molecular flexibility index (Phi) is 5.15. The van der Waals surface area contributed by atoms with E-state index in [-0.39, 0.29) is 29.1 Å². The monoisotopic (exact) mass is 404 g/mol. The zero-order valence-electron chi connectivity index (χ0n) is 16.1. The molecule has 0 unspecified atom stereocenters. The summed E-state index contributed by atoms with van der Waals surface area (Å²) in [5, 5.41) is 5.90. The number of amides is 2. The number of hydrogen-bond acceptors (Lipinski definition) is 7. The minimum atomic E-state index is -0.128. The van der Waals surface area contributed by atoms with Crippen LogP contribution in [0, 0.1) is 5.41 Å². The van der Waals surface area contributed by atoms with Crippen molar-refractivity contribution in [2.75, 3.05) is 33.4 Å². The van der Waals surface area contributed by atoms with Gasteiger partial charge in [-0.2, -0.15) is 0 Å². The fourth-order valence-corrected chi connectivity index (χ4v) is 4.86. The molecule has 0 N–H and O–H groups in total. The molecule has 28 heavy (non-hydrogen) atoms. The Balaban J connectivity index is 1.44. The molecule has 2 fully saturated rings. The molecule has 10 heteroatoms. The van der Waals surface area contributed by atoms with Crippen molar-refractivity contribution in [3.8, 4) is 0 Å². The summed E-state index contributed by atoms with van der Waals surface area (Å²) < 4.78 is 6.92. The second kappa shape index (κ2) is 7.59. The van der Waals surface area contributed by atoms with E-state index < -0.39 is 0 Å². The van der Waals surface area contributed by atoms with Crippen molar-refractivity contribution in [3.05, 3.63) is 28.7 Å². The number of piperidine rings is 1. The van der Waals surface area contributed by atoms with Gasteiger partial charge < -0.3 is 14.5 Å². The molecule has 2 aliphatic rings. The molecular weight excluding hydrogens is 380 g/mol. The van der Waals surface area contributed by atoms with Crippen molar-refractivity contribution in [2.24, 2.45) is 12.5 Å². The lowest BCUT2D eigenvalue weighted by atomic mass is 9.76. The van der Waals surface area contributed by atoms with Crippen LogP contribution in [0.4, 0.5) is 0 Å². The van der Waals surface area contributed by atoms with Crippen LogP contribution >= 0.6 is 11.3 Å². The number of carbonyl (C=O) groups excluding carboxylic acids is 2. The maximum Gasteiger partial charge on any atom is 0.293 e. The molecule has 9 nitrogen and oxygen atoms in total. The Morgan fingerprint density at radius 2 is 2.07 bits per heavy atom. The molecule has 0 aromatic carbocycles. The summed E-state index contributed by atoms with van der Waals surface area (Å²) in [6.45, 7) is 2.49. The standard InChI is InChI=1S/C18H24N6O3S/c1-22-11-19-15(21-22)17(26)23-5-3-18(4-6-23)7-13(8-27-2)24(10-18)16(25)14-9-28-12-20-14/h9,11-13H,3-8,10H2,1-2H3/t13-/m0/s1. The lowest BCUT2D eigenvalue weighted by molar-refractivity contribution is 0.0544. The number of ether oxygens (including phenoxy) is 1. The summed E-state index contributed by atoms with van der Waals surface area (Å²) in [5.74, 6) is 0.0797. The molecule has 0 bridgehead atoms. The Bertz CT molecular complexity index is 843. The molecule has 4 rings (SSSR count). The van der Waals surface area contributed by atoms with Crippen LogP contribution in [0.2, 0.25) is 0 Å². The van der Waals surface area contributed by atoms with E-state index in [2.05, 4.69) is 15.1 Å².